The Hall–Kier alpha value is -1.06. The third kappa shape index (κ3) is 2.52. The predicted octanol–water partition coefficient (Wildman–Crippen LogP) is 2.77. The molecule has 0 spiro atoms. The van der Waals surface area contributed by atoms with E-state index in [4.69, 9.17) is 9.47 Å². The predicted molar refractivity (Wildman–Crippen MR) is 70.9 cm³/mol. The Bertz CT molecular complexity index is 424. The summed E-state index contributed by atoms with van der Waals surface area (Å²) in [6.45, 7) is 3.99. The summed E-state index contributed by atoms with van der Waals surface area (Å²) >= 11 is 0. The maximum atomic E-state index is 10.5. The zero-order valence-electron chi connectivity index (χ0n) is 11.6. The van der Waals surface area contributed by atoms with Crippen molar-refractivity contribution < 1.29 is 14.6 Å². The maximum Gasteiger partial charge on any atom is 0.122 e. The number of benzene rings is 1. The number of hydrogen-bond acceptors (Lipinski definition) is 3. The van der Waals surface area contributed by atoms with Crippen molar-refractivity contribution in [2.24, 2.45) is 5.92 Å². The number of hydrogen-bond donors (Lipinski definition) is 1. The molecular weight excluding hydrogens is 228 g/mol. The first kappa shape index (κ1) is 13.4. The second-order valence-electron chi connectivity index (χ2n) is 5.16. The molecule has 2 rings (SSSR count). The average molecular weight is 250 g/mol. The maximum absolute atomic E-state index is 10.5. The Morgan fingerprint density at radius 1 is 1.17 bits per heavy atom. The van der Waals surface area contributed by atoms with Crippen molar-refractivity contribution >= 4 is 0 Å². The van der Waals surface area contributed by atoms with E-state index >= 15 is 0 Å². The van der Waals surface area contributed by atoms with Gasteiger partial charge in [0.25, 0.3) is 0 Å². The fourth-order valence-corrected chi connectivity index (χ4v) is 2.53. The van der Waals surface area contributed by atoms with Crippen molar-refractivity contribution in [1.82, 2.24) is 0 Å². The molecule has 0 aromatic heterocycles. The molecule has 18 heavy (non-hydrogen) atoms. The van der Waals surface area contributed by atoms with Gasteiger partial charge in [-0.2, -0.15) is 0 Å². The molecule has 1 aromatic carbocycles. The van der Waals surface area contributed by atoms with Crippen LogP contribution in [0.25, 0.3) is 0 Å². The number of rotatable bonds is 5. The van der Waals surface area contributed by atoms with E-state index in [1.807, 2.05) is 26.0 Å². The minimum Gasteiger partial charge on any atom is -0.496 e. The van der Waals surface area contributed by atoms with Gasteiger partial charge in [0, 0.05) is 7.11 Å². The van der Waals surface area contributed by atoms with Gasteiger partial charge in [0.05, 0.1) is 13.2 Å². The summed E-state index contributed by atoms with van der Waals surface area (Å²) < 4.78 is 10.8. The monoisotopic (exact) mass is 250 g/mol. The largest absolute Gasteiger partial charge is 0.496 e. The molecule has 0 bridgehead atoms. The molecule has 100 valence electrons. The van der Waals surface area contributed by atoms with Gasteiger partial charge in [0.2, 0.25) is 0 Å². The number of aliphatic hydroxyl groups is 1. The van der Waals surface area contributed by atoms with Crippen LogP contribution in [-0.2, 0) is 4.74 Å². The first-order chi connectivity index (χ1) is 8.58. The van der Waals surface area contributed by atoms with Crippen LogP contribution in [0.4, 0.5) is 0 Å². The fourth-order valence-electron chi connectivity index (χ4n) is 2.53. The molecule has 0 amide bonds. The zero-order chi connectivity index (χ0) is 13.3. The molecule has 1 aliphatic rings. The molecule has 2 unspecified atom stereocenters. The van der Waals surface area contributed by atoms with Crippen molar-refractivity contribution in [2.75, 3.05) is 14.2 Å². The van der Waals surface area contributed by atoms with Crippen LogP contribution >= 0.6 is 0 Å². The molecule has 1 N–H and O–H groups in total. The third-order valence-corrected chi connectivity index (χ3v) is 3.77. The second-order valence-corrected chi connectivity index (χ2v) is 5.16. The highest BCUT2D eigenvalue weighted by Crippen LogP contribution is 2.41. The molecule has 0 radical (unpaired) electrons. The van der Waals surface area contributed by atoms with Gasteiger partial charge >= 0.3 is 0 Å². The van der Waals surface area contributed by atoms with Crippen molar-refractivity contribution in [1.29, 1.82) is 0 Å². The molecule has 0 saturated heterocycles. The first-order valence-electron chi connectivity index (χ1n) is 6.44. The van der Waals surface area contributed by atoms with Crippen LogP contribution in [0.3, 0.4) is 0 Å². The molecule has 1 saturated carbocycles. The molecule has 3 heteroatoms. The van der Waals surface area contributed by atoms with E-state index < -0.39 is 6.10 Å². The molecule has 2 atom stereocenters. The van der Waals surface area contributed by atoms with Crippen LogP contribution < -0.4 is 4.74 Å². The lowest BCUT2D eigenvalue weighted by Gasteiger charge is -2.24. The van der Waals surface area contributed by atoms with E-state index in [1.54, 1.807) is 14.2 Å². The zero-order valence-corrected chi connectivity index (χ0v) is 11.6. The van der Waals surface area contributed by atoms with E-state index in [-0.39, 0.29) is 6.10 Å². The quantitative estimate of drug-likeness (QED) is 0.873. The summed E-state index contributed by atoms with van der Waals surface area (Å²) in [7, 11) is 3.35. The van der Waals surface area contributed by atoms with Gasteiger partial charge in [0.1, 0.15) is 11.9 Å². The molecule has 0 aliphatic heterocycles. The fraction of sp³-hybridized carbons (Fsp3) is 0.600. The Morgan fingerprint density at radius 3 is 2.33 bits per heavy atom. The normalized spacial score (nSPS) is 18.5. The summed E-state index contributed by atoms with van der Waals surface area (Å²) in [5.74, 6) is 1.37. The highest BCUT2D eigenvalue weighted by molar-refractivity contribution is 5.42. The van der Waals surface area contributed by atoms with Crippen LogP contribution in [0.1, 0.15) is 35.6 Å². The summed E-state index contributed by atoms with van der Waals surface area (Å²) in [6.07, 6.45) is 1.68. The van der Waals surface area contributed by atoms with Crippen LogP contribution in [0.2, 0.25) is 0 Å². The lowest BCUT2D eigenvalue weighted by Crippen LogP contribution is -2.23. The summed E-state index contributed by atoms with van der Waals surface area (Å²) in [5, 5.41) is 10.5. The van der Waals surface area contributed by atoms with E-state index in [0.717, 1.165) is 35.3 Å². The highest BCUT2D eigenvalue weighted by Gasteiger charge is 2.37. The molecular formula is C15H22O3. The van der Waals surface area contributed by atoms with Gasteiger partial charge in [0.15, 0.2) is 0 Å². The smallest absolute Gasteiger partial charge is 0.122 e. The van der Waals surface area contributed by atoms with Crippen LogP contribution in [0.15, 0.2) is 12.1 Å². The first-order valence-corrected chi connectivity index (χ1v) is 6.44. The van der Waals surface area contributed by atoms with Crippen LogP contribution in [0.5, 0.6) is 5.75 Å². The highest BCUT2D eigenvalue weighted by atomic mass is 16.5. The summed E-state index contributed by atoms with van der Waals surface area (Å²) in [4.78, 5) is 0. The molecule has 1 fully saturated rings. The van der Waals surface area contributed by atoms with Crippen LogP contribution in [0, 0.1) is 19.8 Å². The Kier molecular flexibility index (Phi) is 3.93. The van der Waals surface area contributed by atoms with Crippen LogP contribution in [-0.4, -0.2) is 25.4 Å². The standard InChI is InChI=1S/C15H22O3/c1-9-8-13(17-3)10(2)7-12(9)14(16)15(18-4)11-5-6-11/h7-8,11,14-16H,5-6H2,1-4H3. The Balaban J connectivity index is 2.29. The van der Waals surface area contributed by atoms with Gasteiger partial charge < -0.3 is 14.6 Å². The topological polar surface area (TPSA) is 38.7 Å². The van der Waals surface area contributed by atoms with Gasteiger partial charge in [-0.25, -0.2) is 0 Å². The van der Waals surface area contributed by atoms with Crippen molar-refractivity contribution in [3.8, 4) is 5.75 Å². The van der Waals surface area contributed by atoms with Gasteiger partial charge in [-0.05, 0) is 61.4 Å². The Labute approximate surface area is 109 Å². The molecule has 1 aromatic rings. The van der Waals surface area contributed by atoms with Gasteiger partial charge in [-0.15, -0.1) is 0 Å². The summed E-state index contributed by atoms with van der Waals surface area (Å²) in [5.41, 5.74) is 3.04. The van der Waals surface area contributed by atoms with Crippen molar-refractivity contribution in [3.63, 3.8) is 0 Å². The van der Waals surface area contributed by atoms with E-state index in [9.17, 15) is 5.11 Å². The minimum absolute atomic E-state index is 0.0866. The Morgan fingerprint density at radius 2 is 1.83 bits per heavy atom. The van der Waals surface area contributed by atoms with Crippen molar-refractivity contribution in [3.05, 3.63) is 28.8 Å². The van der Waals surface area contributed by atoms with Crippen molar-refractivity contribution in [2.45, 2.75) is 38.9 Å². The van der Waals surface area contributed by atoms with Gasteiger partial charge in [-0.3, -0.25) is 0 Å². The molecule has 1 aliphatic carbocycles. The minimum atomic E-state index is -0.549. The third-order valence-electron chi connectivity index (χ3n) is 3.77. The van der Waals surface area contributed by atoms with Gasteiger partial charge in [-0.1, -0.05) is 0 Å². The molecule has 0 heterocycles. The average Bonchev–Trinajstić information content (AvgIpc) is 3.16. The number of ether oxygens (including phenoxy) is 2. The molecule has 3 nitrogen and oxygen atoms in total. The number of methoxy groups -OCH3 is 2. The lowest BCUT2D eigenvalue weighted by molar-refractivity contribution is -0.0262. The van der Waals surface area contributed by atoms with E-state index in [0.29, 0.717) is 5.92 Å². The number of aliphatic hydroxyl groups excluding tert-OH is 1. The SMILES string of the molecule is COc1cc(C)c(C(O)C(OC)C2CC2)cc1C. The van der Waals surface area contributed by atoms with E-state index in [2.05, 4.69) is 0 Å². The van der Waals surface area contributed by atoms with E-state index in [1.165, 1.54) is 0 Å². The lowest BCUT2D eigenvalue weighted by atomic mass is 9.95. The number of aryl methyl sites for hydroxylation is 2. The second kappa shape index (κ2) is 5.29. The summed E-state index contributed by atoms with van der Waals surface area (Å²) in [6, 6.07) is 3.99.